The molecule has 2 aliphatic heterocycles. The molecule has 3 unspecified atom stereocenters. The van der Waals surface area contributed by atoms with E-state index in [9.17, 15) is 23.6 Å². The summed E-state index contributed by atoms with van der Waals surface area (Å²) in [6.07, 6.45) is -2.44. The van der Waals surface area contributed by atoms with Gasteiger partial charge in [-0.25, -0.2) is 8.42 Å². The third kappa shape index (κ3) is 6.10. The van der Waals surface area contributed by atoms with Crippen LogP contribution >= 0.6 is 0 Å². The summed E-state index contributed by atoms with van der Waals surface area (Å²) in [6.45, 7) is 5.37. The maximum atomic E-state index is 12.6. The summed E-state index contributed by atoms with van der Waals surface area (Å²) in [6, 6.07) is 3.26. The van der Waals surface area contributed by atoms with Gasteiger partial charge in [-0.15, -0.1) is 0 Å². The highest BCUT2D eigenvalue weighted by atomic mass is 32.2. The number of aliphatic hydroxyl groups excluding tert-OH is 1. The fourth-order valence-electron chi connectivity index (χ4n) is 3.37. The van der Waals surface area contributed by atoms with E-state index < -0.39 is 33.0 Å². The topological polar surface area (TPSA) is 150 Å². The van der Waals surface area contributed by atoms with Gasteiger partial charge < -0.3 is 24.1 Å². The lowest BCUT2D eigenvalue weighted by molar-refractivity contribution is -0.386. The number of benzene rings is 1. The van der Waals surface area contributed by atoms with Gasteiger partial charge >= 0.3 is 5.69 Å². The first-order valence-electron chi connectivity index (χ1n) is 9.94. The Morgan fingerprint density at radius 3 is 2.77 bits per heavy atom. The predicted molar refractivity (Wildman–Crippen MR) is 107 cm³/mol. The average Bonchev–Trinajstić information content (AvgIpc) is 2.78. The Bertz CT molecular complexity index is 861. The number of hydrogen-bond acceptors (Lipinski definition) is 10. The molecule has 3 atom stereocenters. The molecule has 2 aliphatic rings. The normalized spacial score (nSPS) is 23.9. The molecule has 0 bridgehead atoms. The monoisotopic (exact) mass is 461 g/mol. The van der Waals surface area contributed by atoms with Gasteiger partial charge in [-0.05, 0) is 18.7 Å². The van der Waals surface area contributed by atoms with E-state index >= 15 is 0 Å². The number of morpholine rings is 1. The summed E-state index contributed by atoms with van der Waals surface area (Å²) >= 11 is 0. The molecule has 31 heavy (non-hydrogen) atoms. The lowest BCUT2D eigenvalue weighted by Crippen LogP contribution is -2.48. The zero-order valence-corrected chi connectivity index (χ0v) is 18.0. The Labute approximate surface area is 180 Å². The second-order valence-corrected chi connectivity index (χ2v) is 8.82. The highest BCUT2D eigenvalue weighted by molar-refractivity contribution is 7.89. The molecule has 13 heteroatoms. The minimum Gasteiger partial charge on any atom is -0.485 e. The van der Waals surface area contributed by atoms with E-state index in [2.05, 4.69) is 9.62 Å². The Morgan fingerprint density at radius 2 is 2.10 bits per heavy atom. The van der Waals surface area contributed by atoms with Crippen LogP contribution in [0, 0.1) is 10.1 Å². The SMILES string of the molecule is CCN1CCOCC1COc1ccc(S(=O)(=O)NC(O)C2COCCO2)cc1[N+](=O)[O-]. The predicted octanol–water partition coefficient (Wildman–Crippen LogP) is -0.294. The Morgan fingerprint density at radius 1 is 1.32 bits per heavy atom. The first-order valence-corrected chi connectivity index (χ1v) is 11.4. The number of likely N-dealkylation sites (N-methyl/N-ethyl adjacent to an activating group) is 1. The van der Waals surface area contributed by atoms with E-state index in [-0.39, 0.29) is 36.5 Å². The number of aliphatic hydroxyl groups is 1. The van der Waals surface area contributed by atoms with Crippen molar-refractivity contribution in [3.63, 3.8) is 0 Å². The van der Waals surface area contributed by atoms with Crippen LogP contribution in [0.5, 0.6) is 5.75 Å². The number of ether oxygens (including phenoxy) is 4. The number of nitrogens with zero attached hydrogens (tertiary/aromatic N) is 2. The lowest BCUT2D eigenvalue weighted by Gasteiger charge is -2.34. The molecule has 0 aliphatic carbocycles. The van der Waals surface area contributed by atoms with Crippen molar-refractivity contribution in [3.05, 3.63) is 28.3 Å². The van der Waals surface area contributed by atoms with E-state index in [1.54, 1.807) is 0 Å². The molecule has 2 N–H and O–H groups in total. The van der Waals surface area contributed by atoms with E-state index in [1.807, 2.05) is 6.92 Å². The fourth-order valence-corrected chi connectivity index (χ4v) is 4.48. The summed E-state index contributed by atoms with van der Waals surface area (Å²) in [5.41, 5.74) is -0.491. The zero-order chi connectivity index (χ0) is 22.4. The van der Waals surface area contributed by atoms with Crippen LogP contribution in [0.15, 0.2) is 23.1 Å². The van der Waals surface area contributed by atoms with Gasteiger partial charge in [0.15, 0.2) is 5.75 Å². The summed E-state index contributed by atoms with van der Waals surface area (Å²) in [5, 5.41) is 21.6. The Hall–Kier alpha value is -1.87. The van der Waals surface area contributed by atoms with Crippen LogP contribution in [0.2, 0.25) is 0 Å². The molecule has 1 aromatic rings. The molecule has 0 radical (unpaired) electrons. The van der Waals surface area contributed by atoms with Crippen LogP contribution in [0.3, 0.4) is 0 Å². The molecule has 174 valence electrons. The second kappa shape index (κ2) is 10.6. The van der Waals surface area contributed by atoms with Gasteiger partial charge in [-0.3, -0.25) is 15.0 Å². The van der Waals surface area contributed by atoms with Crippen LogP contribution in [-0.4, -0.2) is 94.5 Å². The molecule has 2 saturated heterocycles. The van der Waals surface area contributed by atoms with Crippen LogP contribution in [0.25, 0.3) is 0 Å². The summed E-state index contributed by atoms with van der Waals surface area (Å²) < 4.78 is 48.8. The first kappa shape index (κ1) is 23.8. The number of rotatable bonds is 9. The number of nitro groups is 1. The molecule has 0 spiro atoms. The zero-order valence-electron chi connectivity index (χ0n) is 17.1. The Kier molecular flexibility index (Phi) is 8.16. The van der Waals surface area contributed by atoms with Gasteiger partial charge in [0.1, 0.15) is 18.9 Å². The molecule has 12 nitrogen and oxygen atoms in total. The standard InChI is InChI=1S/C18H27N3O9S/c1-2-20-5-6-27-10-13(20)11-30-16-4-3-14(9-15(16)21(23)24)31(25,26)19-18(22)17-12-28-7-8-29-17/h3-4,9,13,17-19,22H,2,5-8,10-12H2,1H3. The number of sulfonamides is 1. The van der Waals surface area contributed by atoms with Crippen LogP contribution in [0.4, 0.5) is 5.69 Å². The van der Waals surface area contributed by atoms with E-state index in [0.29, 0.717) is 19.8 Å². The Balaban J connectivity index is 1.72. The lowest BCUT2D eigenvalue weighted by atomic mass is 10.2. The van der Waals surface area contributed by atoms with Crippen molar-refractivity contribution in [2.45, 2.75) is 30.2 Å². The molecule has 0 aromatic heterocycles. The van der Waals surface area contributed by atoms with Crippen molar-refractivity contribution >= 4 is 15.7 Å². The van der Waals surface area contributed by atoms with Crippen molar-refractivity contribution in [1.82, 2.24) is 9.62 Å². The van der Waals surface area contributed by atoms with Gasteiger partial charge in [-0.2, -0.15) is 4.72 Å². The van der Waals surface area contributed by atoms with Gasteiger partial charge in [0.2, 0.25) is 10.0 Å². The molecular formula is C18H27N3O9S. The molecule has 1 aromatic carbocycles. The number of nitro benzene ring substituents is 1. The van der Waals surface area contributed by atoms with E-state index in [4.69, 9.17) is 18.9 Å². The second-order valence-electron chi connectivity index (χ2n) is 7.11. The van der Waals surface area contributed by atoms with Crippen LogP contribution < -0.4 is 9.46 Å². The summed E-state index contributed by atoms with van der Waals surface area (Å²) in [4.78, 5) is 12.6. The molecule has 2 fully saturated rings. The molecule has 0 amide bonds. The van der Waals surface area contributed by atoms with E-state index in [1.165, 1.54) is 12.1 Å². The largest absolute Gasteiger partial charge is 0.485 e. The highest BCUT2D eigenvalue weighted by Crippen LogP contribution is 2.30. The maximum absolute atomic E-state index is 12.6. The molecule has 0 saturated carbocycles. The van der Waals surface area contributed by atoms with Crippen molar-refractivity contribution in [2.75, 3.05) is 52.7 Å². The minimum atomic E-state index is -4.25. The van der Waals surface area contributed by atoms with Gasteiger partial charge in [0.05, 0.1) is 48.9 Å². The first-order chi connectivity index (χ1) is 14.8. The highest BCUT2D eigenvalue weighted by Gasteiger charge is 2.30. The maximum Gasteiger partial charge on any atom is 0.312 e. The molecule has 2 heterocycles. The quantitative estimate of drug-likeness (QED) is 0.285. The minimum absolute atomic E-state index is 0.0241. The van der Waals surface area contributed by atoms with Crippen molar-refractivity contribution < 1.29 is 37.4 Å². The number of hydrogen-bond donors (Lipinski definition) is 2. The van der Waals surface area contributed by atoms with Crippen molar-refractivity contribution in [2.24, 2.45) is 0 Å². The van der Waals surface area contributed by atoms with Gasteiger partial charge in [-0.1, -0.05) is 6.92 Å². The van der Waals surface area contributed by atoms with Crippen LogP contribution in [0.1, 0.15) is 6.92 Å². The number of nitrogens with one attached hydrogen (secondary N) is 1. The van der Waals surface area contributed by atoms with E-state index in [0.717, 1.165) is 19.2 Å². The molecule has 3 rings (SSSR count). The average molecular weight is 461 g/mol. The van der Waals surface area contributed by atoms with Crippen molar-refractivity contribution in [1.29, 1.82) is 0 Å². The summed E-state index contributed by atoms with van der Waals surface area (Å²) in [5.74, 6) is -0.0462. The molecular weight excluding hydrogens is 434 g/mol. The smallest absolute Gasteiger partial charge is 0.312 e. The van der Waals surface area contributed by atoms with Gasteiger partial charge in [0, 0.05) is 12.6 Å². The summed E-state index contributed by atoms with van der Waals surface area (Å²) in [7, 11) is -4.25. The van der Waals surface area contributed by atoms with Gasteiger partial charge in [0.25, 0.3) is 0 Å². The van der Waals surface area contributed by atoms with Crippen molar-refractivity contribution in [3.8, 4) is 5.75 Å². The van der Waals surface area contributed by atoms with Crippen LogP contribution in [-0.2, 0) is 24.2 Å². The fraction of sp³-hybridized carbons (Fsp3) is 0.667. The third-order valence-corrected chi connectivity index (χ3v) is 6.52. The third-order valence-electron chi connectivity index (χ3n) is 5.09.